The molecule has 0 unspecified atom stereocenters. The predicted molar refractivity (Wildman–Crippen MR) is 57.1 cm³/mol. The van der Waals surface area contributed by atoms with Crippen molar-refractivity contribution in [3.8, 4) is 0 Å². The van der Waals surface area contributed by atoms with E-state index in [9.17, 15) is 17.2 Å². The summed E-state index contributed by atoms with van der Waals surface area (Å²) in [6.07, 6.45) is 0. The van der Waals surface area contributed by atoms with Crippen molar-refractivity contribution < 1.29 is 17.2 Å². The van der Waals surface area contributed by atoms with Crippen LogP contribution in [0.1, 0.15) is 12.5 Å². The fraction of sp³-hybridized carbons (Fsp3) is 0.400. The second kappa shape index (κ2) is 4.47. The Bertz CT molecular complexity index is 454. The summed E-state index contributed by atoms with van der Waals surface area (Å²) in [6, 6.07) is 4.54. The van der Waals surface area contributed by atoms with Crippen molar-refractivity contribution in [2.45, 2.75) is 17.7 Å². The molecule has 16 heavy (non-hydrogen) atoms. The van der Waals surface area contributed by atoms with Crippen LogP contribution in [0.2, 0.25) is 0 Å². The summed E-state index contributed by atoms with van der Waals surface area (Å²) in [5.74, 6) is -3.17. The summed E-state index contributed by atoms with van der Waals surface area (Å²) in [7, 11) is -3.34. The zero-order chi connectivity index (χ0) is 12.4. The highest BCUT2D eigenvalue weighted by molar-refractivity contribution is 7.91. The van der Waals surface area contributed by atoms with E-state index in [4.69, 9.17) is 5.73 Å². The molecule has 0 aliphatic heterocycles. The van der Waals surface area contributed by atoms with Crippen LogP contribution in [0.5, 0.6) is 0 Å². The van der Waals surface area contributed by atoms with Crippen molar-refractivity contribution in [2.24, 2.45) is 5.73 Å². The monoisotopic (exact) mass is 249 g/mol. The fourth-order valence-corrected chi connectivity index (χ4v) is 2.07. The quantitative estimate of drug-likeness (QED) is 0.880. The maximum Gasteiger partial charge on any atom is 0.285 e. The van der Waals surface area contributed by atoms with Crippen molar-refractivity contribution in [1.82, 2.24) is 0 Å². The number of alkyl halides is 2. The second-order valence-corrected chi connectivity index (χ2v) is 5.61. The molecule has 0 radical (unpaired) electrons. The third-order valence-electron chi connectivity index (χ3n) is 2.27. The zero-order valence-electron chi connectivity index (χ0n) is 8.78. The van der Waals surface area contributed by atoms with Crippen LogP contribution in [0.15, 0.2) is 29.2 Å². The van der Waals surface area contributed by atoms with Gasteiger partial charge in [-0.2, -0.15) is 8.78 Å². The minimum atomic E-state index is -3.34. The van der Waals surface area contributed by atoms with Crippen LogP contribution in [-0.4, -0.2) is 20.7 Å². The Balaban J connectivity index is 3.10. The van der Waals surface area contributed by atoms with Gasteiger partial charge in [0.05, 0.1) is 17.2 Å². The zero-order valence-corrected chi connectivity index (χ0v) is 9.60. The molecule has 0 amide bonds. The lowest BCUT2D eigenvalue weighted by molar-refractivity contribution is 0.00589. The normalized spacial score (nSPS) is 12.8. The number of halogens is 2. The van der Waals surface area contributed by atoms with Crippen LogP contribution in [0.4, 0.5) is 8.78 Å². The summed E-state index contributed by atoms with van der Waals surface area (Å²) >= 11 is 0. The summed E-state index contributed by atoms with van der Waals surface area (Å²) in [5, 5.41) is 0. The third-order valence-corrected chi connectivity index (χ3v) is 4.02. The molecule has 3 nitrogen and oxygen atoms in total. The molecule has 2 N–H and O–H groups in total. The number of hydrogen-bond donors (Lipinski definition) is 1. The van der Waals surface area contributed by atoms with Crippen molar-refractivity contribution in [3.63, 3.8) is 0 Å². The summed E-state index contributed by atoms with van der Waals surface area (Å²) < 4.78 is 49.1. The smallest absolute Gasteiger partial charge is 0.285 e. The van der Waals surface area contributed by atoms with E-state index >= 15 is 0 Å². The molecule has 0 heterocycles. The molecule has 0 aliphatic rings. The summed E-state index contributed by atoms with van der Waals surface area (Å²) in [4.78, 5) is 0.0478. The standard InChI is InChI=1S/C10H13F2NO2S/c1-2-16(14,15)9-5-3-8(4-6-9)10(11,12)7-13/h3-6H,2,7,13H2,1H3. The van der Waals surface area contributed by atoms with Gasteiger partial charge in [-0.3, -0.25) is 0 Å². The molecule has 6 heteroatoms. The fourth-order valence-electron chi connectivity index (χ4n) is 1.19. The van der Waals surface area contributed by atoms with Gasteiger partial charge in [0.1, 0.15) is 0 Å². The van der Waals surface area contributed by atoms with Crippen LogP contribution in [0, 0.1) is 0 Å². The van der Waals surface area contributed by atoms with Gasteiger partial charge in [-0.25, -0.2) is 8.42 Å². The number of nitrogens with two attached hydrogens (primary N) is 1. The molecule has 1 aromatic rings. The summed E-state index contributed by atoms with van der Waals surface area (Å²) in [5.41, 5.74) is 4.65. The van der Waals surface area contributed by atoms with Crippen molar-refractivity contribution >= 4 is 9.84 Å². The van der Waals surface area contributed by atoms with Gasteiger partial charge >= 0.3 is 0 Å². The van der Waals surface area contributed by atoms with Gasteiger partial charge in [0.2, 0.25) is 0 Å². The van der Waals surface area contributed by atoms with Crippen LogP contribution in [0.3, 0.4) is 0 Å². The van der Waals surface area contributed by atoms with E-state index in [1.165, 1.54) is 19.1 Å². The SMILES string of the molecule is CCS(=O)(=O)c1ccc(C(F)(F)CN)cc1. The van der Waals surface area contributed by atoms with Crippen molar-refractivity contribution in [1.29, 1.82) is 0 Å². The topological polar surface area (TPSA) is 60.2 Å². The van der Waals surface area contributed by atoms with Crippen LogP contribution < -0.4 is 5.73 Å². The first-order valence-corrected chi connectivity index (χ1v) is 6.40. The van der Waals surface area contributed by atoms with Gasteiger partial charge in [-0.1, -0.05) is 19.1 Å². The van der Waals surface area contributed by atoms with Crippen molar-refractivity contribution in [3.05, 3.63) is 29.8 Å². The Hall–Kier alpha value is -1.01. The Morgan fingerprint density at radius 1 is 1.25 bits per heavy atom. The highest BCUT2D eigenvalue weighted by Gasteiger charge is 2.29. The molecule has 0 aromatic heterocycles. The Labute approximate surface area is 93.2 Å². The lowest BCUT2D eigenvalue weighted by Crippen LogP contribution is -2.25. The minimum absolute atomic E-state index is 0.0478. The molecule has 0 fully saturated rings. The molecule has 0 bridgehead atoms. The predicted octanol–water partition coefficient (Wildman–Crippen LogP) is 1.53. The first kappa shape index (κ1) is 13.1. The van der Waals surface area contributed by atoms with E-state index in [-0.39, 0.29) is 16.2 Å². The van der Waals surface area contributed by atoms with Crippen LogP contribution >= 0.6 is 0 Å². The lowest BCUT2D eigenvalue weighted by Gasteiger charge is -2.14. The number of hydrogen-bond acceptors (Lipinski definition) is 3. The van der Waals surface area contributed by atoms with E-state index < -0.39 is 22.3 Å². The lowest BCUT2D eigenvalue weighted by atomic mass is 10.1. The molecule has 0 aliphatic carbocycles. The molecule has 0 spiro atoms. The Kier molecular flexibility index (Phi) is 3.64. The summed E-state index contributed by atoms with van der Waals surface area (Å²) in [6.45, 7) is 0.699. The minimum Gasteiger partial charge on any atom is -0.325 e. The maximum atomic E-state index is 13.1. The highest BCUT2D eigenvalue weighted by atomic mass is 32.2. The molecule has 0 atom stereocenters. The molecular weight excluding hydrogens is 236 g/mol. The number of sulfone groups is 1. The van der Waals surface area contributed by atoms with Gasteiger partial charge in [0.25, 0.3) is 5.92 Å². The van der Waals surface area contributed by atoms with E-state index in [0.29, 0.717) is 0 Å². The van der Waals surface area contributed by atoms with Gasteiger partial charge < -0.3 is 5.73 Å². The van der Waals surface area contributed by atoms with Gasteiger partial charge in [-0.15, -0.1) is 0 Å². The average molecular weight is 249 g/mol. The molecule has 90 valence electrons. The molecule has 0 saturated heterocycles. The molecular formula is C10H13F2NO2S. The third kappa shape index (κ3) is 2.56. The largest absolute Gasteiger partial charge is 0.325 e. The average Bonchev–Trinajstić information content (AvgIpc) is 2.29. The second-order valence-electron chi connectivity index (χ2n) is 3.34. The molecule has 1 aromatic carbocycles. The molecule has 0 saturated carbocycles. The van der Waals surface area contributed by atoms with Crippen molar-refractivity contribution in [2.75, 3.05) is 12.3 Å². The van der Waals surface area contributed by atoms with E-state index in [1.54, 1.807) is 0 Å². The maximum absolute atomic E-state index is 13.1. The van der Waals surface area contributed by atoms with E-state index in [2.05, 4.69) is 0 Å². The highest BCUT2D eigenvalue weighted by Crippen LogP contribution is 2.27. The first-order valence-electron chi connectivity index (χ1n) is 4.74. The van der Waals surface area contributed by atoms with Gasteiger partial charge in [0.15, 0.2) is 9.84 Å². The molecule has 1 rings (SSSR count). The number of benzene rings is 1. The van der Waals surface area contributed by atoms with Gasteiger partial charge in [0, 0.05) is 5.56 Å². The van der Waals surface area contributed by atoms with Crippen LogP contribution in [-0.2, 0) is 15.8 Å². The van der Waals surface area contributed by atoms with E-state index in [0.717, 1.165) is 12.1 Å². The Morgan fingerprint density at radius 3 is 2.12 bits per heavy atom. The van der Waals surface area contributed by atoms with Gasteiger partial charge in [-0.05, 0) is 12.1 Å². The number of rotatable bonds is 4. The Morgan fingerprint density at radius 2 is 1.75 bits per heavy atom. The van der Waals surface area contributed by atoms with E-state index in [1.807, 2.05) is 0 Å². The first-order chi connectivity index (χ1) is 7.33. The van der Waals surface area contributed by atoms with Crippen LogP contribution in [0.25, 0.3) is 0 Å².